The molecule has 1 N–H and O–H groups in total. The summed E-state index contributed by atoms with van der Waals surface area (Å²) in [6, 6.07) is 17.2. The summed E-state index contributed by atoms with van der Waals surface area (Å²) in [5, 5.41) is 7.99. The van der Waals surface area contributed by atoms with Crippen molar-refractivity contribution < 1.29 is 14.3 Å². The fraction of sp³-hybridized carbons (Fsp3) is 0.382. The van der Waals surface area contributed by atoms with Gasteiger partial charge in [0.1, 0.15) is 5.82 Å². The van der Waals surface area contributed by atoms with Gasteiger partial charge in [-0.1, -0.05) is 18.2 Å². The van der Waals surface area contributed by atoms with E-state index in [1.807, 2.05) is 56.3 Å². The van der Waals surface area contributed by atoms with Crippen LogP contribution in [0.2, 0.25) is 0 Å². The molecule has 0 unspecified atom stereocenters. The number of hydrogen-bond donors (Lipinski definition) is 1. The van der Waals surface area contributed by atoms with E-state index in [-0.39, 0.29) is 29.8 Å². The van der Waals surface area contributed by atoms with Gasteiger partial charge in [0, 0.05) is 50.7 Å². The van der Waals surface area contributed by atoms with Gasteiger partial charge in [0.05, 0.1) is 42.2 Å². The molecule has 1 atom stereocenters. The Bertz CT molecular complexity index is 2080. The first-order chi connectivity index (χ1) is 22.2. The summed E-state index contributed by atoms with van der Waals surface area (Å²) in [6.45, 7) is 6.98. The van der Waals surface area contributed by atoms with Gasteiger partial charge >= 0.3 is 5.69 Å². The third-order valence-electron chi connectivity index (χ3n) is 9.11. The number of carbonyl (C=O) groups is 1. The average Bonchev–Trinajstić information content (AvgIpc) is 3.50. The third-order valence-corrected chi connectivity index (χ3v) is 9.11. The van der Waals surface area contributed by atoms with Gasteiger partial charge in [-0.25, -0.2) is 14.5 Å². The van der Waals surface area contributed by atoms with E-state index in [2.05, 4.69) is 15.3 Å². The van der Waals surface area contributed by atoms with Crippen molar-refractivity contribution in [2.75, 3.05) is 43.6 Å². The largest absolute Gasteiger partial charge is 0.382 e. The highest BCUT2D eigenvalue weighted by Crippen LogP contribution is 2.37. The fourth-order valence-corrected chi connectivity index (χ4v) is 6.47. The van der Waals surface area contributed by atoms with E-state index < -0.39 is 5.41 Å². The number of pyridine rings is 1. The van der Waals surface area contributed by atoms with Gasteiger partial charge in [-0.05, 0) is 67.8 Å². The lowest BCUT2D eigenvalue weighted by atomic mass is 9.86. The van der Waals surface area contributed by atoms with Crippen LogP contribution in [0.1, 0.15) is 30.8 Å². The number of aromatic nitrogens is 5. The normalized spacial score (nSPS) is 17.5. The highest BCUT2D eigenvalue weighted by molar-refractivity contribution is 6.05. The maximum absolute atomic E-state index is 14.1. The molecule has 46 heavy (non-hydrogen) atoms. The van der Waals surface area contributed by atoms with Crippen molar-refractivity contribution in [3.8, 4) is 0 Å². The number of carbonyl (C=O) groups excluding carboxylic acids is 1. The van der Waals surface area contributed by atoms with Crippen LogP contribution in [0.4, 0.5) is 11.4 Å². The smallest absolute Gasteiger partial charge is 0.350 e. The molecular weight excluding hydrogens is 586 g/mol. The number of morpholine rings is 1. The van der Waals surface area contributed by atoms with Crippen LogP contribution in [-0.4, -0.2) is 69.2 Å². The Hall–Kier alpha value is -4.81. The first-order valence-corrected chi connectivity index (χ1v) is 15.6. The van der Waals surface area contributed by atoms with Crippen molar-refractivity contribution in [2.45, 2.75) is 51.3 Å². The Morgan fingerprint density at radius 3 is 2.74 bits per heavy atom. The van der Waals surface area contributed by atoms with Crippen LogP contribution in [0.25, 0.3) is 16.6 Å². The molecule has 5 aromatic rings. The van der Waals surface area contributed by atoms with Gasteiger partial charge < -0.3 is 19.7 Å². The number of ether oxygens (including phenoxy) is 2. The lowest BCUT2D eigenvalue weighted by Crippen LogP contribution is -2.44. The number of nitrogens with zero attached hydrogens (tertiary/aromatic N) is 6. The molecule has 1 saturated heterocycles. The Balaban J connectivity index is 1.22. The fourth-order valence-electron chi connectivity index (χ4n) is 6.47. The Morgan fingerprint density at radius 1 is 1.04 bits per heavy atom. The minimum atomic E-state index is -0.582. The molecule has 0 spiro atoms. The van der Waals surface area contributed by atoms with Crippen molar-refractivity contribution in [3.63, 3.8) is 0 Å². The molecule has 0 radical (unpaired) electrons. The van der Waals surface area contributed by atoms with Crippen LogP contribution < -0.4 is 21.5 Å². The van der Waals surface area contributed by atoms with E-state index >= 15 is 0 Å². The molecule has 3 aromatic heterocycles. The van der Waals surface area contributed by atoms with Crippen LogP contribution in [-0.2, 0) is 45.6 Å². The quantitative estimate of drug-likeness (QED) is 0.266. The van der Waals surface area contributed by atoms with Crippen LogP contribution in [0.3, 0.4) is 0 Å². The van der Waals surface area contributed by atoms with Gasteiger partial charge in [0.15, 0.2) is 5.65 Å². The molecule has 5 heterocycles. The molecule has 0 bridgehead atoms. The van der Waals surface area contributed by atoms with Crippen molar-refractivity contribution in [2.24, 2.45) is 0 Å². The monoisotopic (exact) mass is 623 g/mol. The topological polar surface area (TPSA) is 125 Å². The second kappa shape index (κ2) is 11.8. The Morgan fingerprint density at radius 2 is 1.91 bits per heavy atom. The predicted molar refractivity (Wildman–Crippen MR) is 175 cm³/mol. The molecular formula is C34H37N7O5. The maximum Gasteiger partial charge on any atom is 0.350 e. The number of rotatable bonds is 9. The Labute approximate surface area is 265 Å². The average molecular weight is 624 g/mol. The Kier molecular flexibility index (Phi) is 7.69. The highest BCUT2D eigenvalue weighted by Gasteiger charge is 2.38. The van der Waals surface area contributed by atoms with Gasteiger partial charge in [-0.3, -0.25) is 18.6 Å². The summed E-state index contributed by atoms with van der Waals surface area (Å²) < 4.78 is 15.8. The van der Waals surface area contributed by atoms with E-state index in [0.717, 1.165) is 29.0 Å². The number of methoxy groups -OCH3 is 1. The molecule has 1 amide bonds. The van der Waals surface area contributed by atoms with E-state index in [9.17, 15) is 14.4 Å². The standard InChI is InChI=1S/C34H37N7O5/c1-34(2)26-10-7-22(18-28(26)36-32(34)43)11-14-39-29(12-15-41-33(44)40-13-5-4-6-30(40)37-41)35-27-19-23(8-9-25(27)31(39)42)38-16-17-46-24(20-38)21-45-3/h4-10,13,18-19,24H,11-12,14-17,20-21H2,1-3H3,(H,36,43)/t24-/m1/s1. The van der Waals surface area contributed by atoms with Crippen molar-refractivity contribution in [3.05, 3.63) is 98.6 Å². The number of aryl methyl sites for hydroxylation is 3. The molecule has 0 aliphatic carbocycles. The summed E-state index contributed by atoms with van der Waals surface area (Å²) in [5.74, 6) is 0.554. The molecule has 12 nitrogen and oxygen atoms in total. The first kappa shape index (κ1) is 29.9. The van der Waals surface area contributed by atoms with Crippen molar-refractivity contribution in [1.29, 1.82) is 0 Å². The van der Waals surface area contributed by atoms with Crippen LogP contribution in [0, 0.1) is 0 Å². The number of nitrogens with one attached hydrogen (secondary N) is 1. The number of anilines is 2. The van der Waals surface area contributed by atoms with Crippen LogP contribution in [0.15, 0.2) is 70.4 Å². The summed E-state index contributed by atoms with van der Waals surface area (Å²) in [6.07, 6.45) is 2.55. The second-order valence-corrected chi connectivity index (χ2v) is 12.5. The van der Waals surface area contributed by atoms with Crippen LogP contribution in [0.5, 0.6) is 0 Å². The SMILES string of the molecule is COC[C@H]1CN(c2ccc3c(=O)n(CCc4ccc5c(c4)NC(=O)C5(C)C)c(CCn4nc5ccccn5c4=O)nc3c2)CCO1. The molecule has 1 fully saturated rings. The number of hydrogen-bond acceptors (Lipinski definition) is 8. The lowest BCUT2D eigenvalue weighted by Gasteiger charge is -2.34. The summed E-state index contributed by atoms with van der Waals surface area (Å²) in [5.41, 5.74) is 3.95. The van der Waals surface area contributed by atoms with Crippen LogP contribution >= 0.6 is 0 Å². The molecule has 238 valence electrons. The highest BCUT2D eigenvalue weighted by atomic mass is 16.5. The molecule has 0 saturated carbocycles. The zero-order chi connectivity index (χ0) is 32.0. The molecule has 2 aliphatic rings. The van der Waals surface area contributed by atoms with Gasteiger partial charge in [0.25, 0.3) is 5.56 Å². The first-order valence-electron chi connectivity index (χ1n) is 15.6. The summed E-state index contributed by atoms with van der Waals surface area (Å²) in [4.78, 5) is 46.8. The molecule has 7 rings (SSSR count). The number of fused-ring (bicyclic) bond motifs is 3. The van der Waals surface area contributed by atoms with E-state index in [1.165, 1.54) is 9.08 Å². The number of benzene rings is 2. The van der Waals surface area contributed by atoms with Crippen molar-refractivity contribution >= 4 is 33.8 Å². The van der Waals surface area contributed by atoms with E-state index in [1.54, 1.807) is 30.0 Å². The minimum absolute atomic E-state index is 0.0234. The van der Waals surface area contributed by atoms with Gasteiger partial charge in [0.2, 0.25) is 5.91 Å². The number of amides is 1. The lowest BCUT2D eigenvalue weighted by molar-refractivity contribution is -0.119. The van der Waals surface area contributed by atoms with Gasteiger partial charge in [-0.15, -0.1) is 5.10 Å². The molecule has 2 aromatic carbocycles. The molecule has 12 heteroatoms. The second-order valence-electron chi connectivity index (χ2n) is 12.5. The summed E-state index contributed by atoms with van der Waals surface area (Å²) in [7, 11) is 1.66. The predicted octanol–water partition coefficient (Wildman–Crippen LogP) is 2.77. The van der Waals surface area contributed by atoms with Crippen molar-refractivity contribution in [1.82, 2.24) is 23.7 Å². The zero-order valence-electron chi connectivity index (χ0n) is 26.2. The molecule has 2 aliphatic heterocycles. The van der Waals surface area contributed by atoms with E-state index in [4.69, 9.17) is 14.5 Å². The minimum Gasteiger partial charge on any atom is -0.382 e. The third kappa shape index (κ3) is 5.37. The summed E-state index contributed by atoms with van der Waals surface area (Å²) >= 11 is 0. The zero-order valence-corrected chi connectivity index (χ0v) is 26.2. The van der Waals surface area contributed by atoms with Gasteiger partial charge in [-0.2, -0.15) is 0 Å². The maximum atomic E-state index is 14.1. The van der Waals surface area contributed by atoms with E-state index in [0.29, 0.717) is 61.5 Å².